The van der Waals surface area contributed by atoms with Gasteiger partial charge in [-0.05, 0) is 18.6 Å². The van der Waals surface area contributed by atoms with Crippen molar-refractivity contribution in [2.75, 3.05) is 25.9 Å². The summed E-state index contributed by atoms with van der Waals surface area (Å²) in [5, 5.41) is 6.62. The molecule has 0 spiro atoms. The van der Waals surface area contributed by atoms with Crippen molar-refractivity contribution in [1.29, 1.82) is 0 Å². The van der Waals surface area contributed by atoms with Gasteiger partial charge in [0.15, 0.2) is 5.96 Å². The van der Waals surface area contributed by atoms with Crippen molar-refractivity contribution >= 4 is 17.7 Å². The Hall–Kier alpha value is -1.16. The number of hydrogen-bond acceptors (Lipinski definition) is 2. The van der Waals surface area contributed by atoms with Crippen LogP contribution in [0, 0.1) is 0 Å². The predicted molar refractivity (Wildman–Crippen MR) is 81.4 cm³/mol. The number of nitrogens with zero attached hydrogens (tertiary/aromatic N) is 1. The second kappa shape index (κ2) is 9.83. The van der Waals surface area contributed by atoms with E-state index in [1.807, 2.05) is 24.9 Å². The van der Waals surface area contributed by atoms with E-state index in [2.05, 4.69) is 46.8 Å². The molecule has 100 valence electrons. The van der Waals surface area contributed by atoms with Gasteiger partial charge in [0.2, 0.25) is 0 Å². The highest BCUT2D eigenvalue weighted by Gasteiger charge is 1.96. The number of benzene rings is 1. The number of guanidine groups is 1. The molecule has 0 aliphatic heterocycles. The lowest BCUT2D eigenvalue weighted by Crippen LogP contribution is -2.38. The molecule has 0 atom stereocenters. The van der Waals surface area contributed by atoms with Gasteiger partial charge in [-0.15, -0.1) is 11.8 Å². The maximum Gasteiger partial charge on any atom is 0.191 e. The monoisotopic (exact) mass is 265 g/mol. The molecule has 18 heavy (non-hydrogen) atoms. The lowest BCUT2D eigenvalue weighted by Gasteiger charge is -2.11. The molecule has 0 saturated heterocycles. The first-order valence-electron chi connectivity index (χ1n) is 6.49. The Balaban J connectivity index is 2.12. The Morgan fingerprint density at radius 3 is 2.56 bits per heavy atom. The molecule has 1 aromatic carbocycles. The molecular weight excluding hydrogens is 242 g/mol. The first-order valence-corrected chi connectivity index (χ1v) is 7.47. The Morgan fingerprint density at radius 2 is 1.89 bits per heavy atom. The quantitative estimate of drug-likeness (QED) is 0.344. The van der Waals surface area contributed by atoms with Crippen LogP contribution in [0.15, 0.2) is 40.2 Å². The van der Waals surface area contributed by atoms with Crippen molar-refractivity contribution < 1.29 is 0 Å². The molecule has 1 aromatic rings. The second-order valence-corrected chi connectivity index (χ2v) is 5.11. The number of thioether (sulfide) groups is 1. The van der Waals surface area contributed by atoms with E-state index < -0.39 is 0 Å². The normalized spacial score (nSPS) is 11.3. The maximum absolute atomic E-state index is 4.19. The highest BCUT2D eigenvalue weighted by Crippen LogP contribution is 2.15. The standard InChI is InChI=1S/C14H23N3S/c1-3-4-10-16-14(15-2)17-11-12-18-13-8-6-5-7-9-13/h5-9H,3-4,10-12H2,1-2H3,(H2,15,16,17). The van der Waals surface area contributed by atoms with E-state index in [0.717, 1.165) is 24.8 Å². The lowest BCUT2D eigenvalue weighted by molar-refractivity contribution is 0.734. The second-order valence-electron chi connectivity index (χ2n) is 3.94. The summed E-state index contributed by atoms with van der Waals surface area (Å²) in [7, 11) is 1.81. The molecule has 0 radical (unpaired) electrons. The van der Waals surface area contributed by atoms with Crippen molar-refractivity contribution in [1.82, 2.24) is 10.6 Å². The molecule has 3 nitrogen and oxygen atoms in total. The van der Waals surface area contributed by atoms with Gasteiger partial charge < -0.3 is 10.6 Å². The summed E-state index contributed by atoms with van der Waals surface area (Å²) in [5.41, 5.74) is 0. The smallest absolute Gasteiger partial charge is 0.191 e. The molecule has 1 rings (SSSR count). The van der Waals surface area contributed by atoms with E-state index in [4.69, 9.17) is 0 Å². The zero-order chi connectivity index (χ0) is 13.1. The Bertz CT molecular complexity index is 338. The summed E-state index contributed by atoms with van der Waals surface area (Å²) in [5.74, 6) is 1.94. The van der Waals surface area contributed by atoms with Crippen LogP contribution in [0.5, 0.6) is 0 Å². The Morgan fingerprint density at radius 1 is 1.17 bits per heavy atom. The molecular formula is C14H23N3S. The van der Waals surface area contributed by atoms with Crippen molar-refractivity contribution in [3.05, 3.63) is 30.3 Å². The number of unbranched alkanes of at least 4 members (excludes halogenated alkanes) is 1. The molecule has 4 heteroatoms. The highest BCUT2D eigenvalue weighted by molar-refractivity contribution is 7.99. The molecule has 0 saturated carbocycles. The topological polar surface area (TPSA) is 36.4 Å². The SMILES string of the molecule is CCCCNC(=NC)NCCSc1ccccc1. The molecule has 0 amide bonds. The van der Waals surface area contributed by atoms with Gasteiger partial charge in [0, 0.05) is 30.8 Å². The van der Waals surface area contributed by atoms with Crippen molar-refractivity contribution in [3.63, 3.8) is 0 Å². The fourth-order valence-electron chi connectivity index (χ4n) is 1.46. The van der Waals surface area contributed by atoms with E-state index in [-0.39, 0.29) is 0 Å². The highest BCUT2D eigenvalue weighted by atomic mass is 32.2. The third-order valence-electron chi connectivity index (χ3n) is 2.45. The Kier molecular flexibility index (Phi) is 8.13. The number of nitrogens with one attached hydrogen (secondary N) is 2. The van der Waals surface area contributed by atoms with Crippen LogP contribution < -0.4 is 10.6 Å². The maximum atomic E-state index is 4.19. The van der Waals surface area contributed by atoms with Crippen LogP contribution >= 0.6 is 11.8 Å². The number of hydrogen-bond donors (Lipinski definition) is 2. The van der Waals surface area contributed by atoms with Crippen LogP contribution in [0.3, 0.4) is 0 Å². The zero-order valence-electron chi connectivity index (χ0n) is 11.3. The van der Waals surface area contributed by atoms with Crippen molar-refractivity contribution in [2.24, 2.45) is 4.99 Å². The molecule has 0 unspecified atom stereocenters. The minimum Gasteiger partial charge on any atom is -0.356 e. The van der Waals surface area contributed by atoms with Crippen LogP contribution in [-0.2, 0) is 0 Å². The van der Waals surface area contributed by atoms with Gasteiger partial charge in [0.25, 0.3) is 0 Å². The van der Waals surface area contributed by atoms with Gasteiger partial charge >= 0.3 is 0 Å². The van der Waals surface area contributed by atoms with E-state index in [1.165, 1.54) is 17.7 Å². The summed E-state index contributed by atoms with van der Waals surface area (Å²) in [6, 6.07) is 10.5. The van der Waals surface area contributed by atoms with Crippen LogP contribution in [0.25, 0.3) is 0 Å². The largest absolute Gasteiger partial charge is 0.356 e. The van der Waals surface area contributed by atoms with Crippen LogP contribution in [0.1, 0.15) is 19.8 Å². The van der Waals surface area contributed by atoms with Crippen molar-refractivity contribution in [2.45, 2.75) is 24.7 Å². The third-order valence-corrected chi connectivity index (χ3v) is 3.47. The van der Waals surface area contributed by atoms with Crippen LogP contribution in [0.2, 0.25) is 0 Å². The minimum absolute atomic E-state index is 0.900. The molecule has 0 aromatic heterocycles. The van der Waals surface area contributed by atoms with Gasteiger partial charge in [0.1, 0.15) is 0 Å². The summed E-state index contributed by atoms with van der Waals surface area (Å²) < 4.78 is 0. The fraction of sp³-hybridized carbons (Fsp3) is 0.500. The van der Waals surface area contributed by atoms with E-state index >= 15 is 0 Å². The number of rotatable bonds is 7. The van der Waals surface area contributed by atoms with Crippen LogP contribution in [-0.4, -0.2) is 31.8 Å². The first-order chi connectivity index (χ1) is 8.86. The van der Waals surface area contributed by atoms with E-state index in [9.17, 15) is 0 Å². The molecule has 2 N–H and O–H groups in total. The van der Waals surface area contributed by atoms with E-state index in [0.29, 0.717) is 0 Å². The van der Waals surface area contributed by atoms with Gasteiger partial charge in [-0.1, -0.05) is 31.5 Å². The molecule has 0 heterocycles. The molecule has 0 aliphatic carbocycles. The summed E-state index contributed by atoms with van der Waals surface area (Å²) >= 11 is 1.86. The van der Waals surface area contributed by atoms with Gasteiger partial charge in [-0.25, -0.2) is 0 Å². The number of aliphatic imine (C=N–C) groups is 1. The van der Waals surface area contributed by atoms with E-state index in [1.54, 1.807) is 0 Å². The fourth-order valence-corrected chi connectivity index (χ4v) is 2.25. The van der Waals surface area contributed by atoms with Crippen molar-refractivity contribution in [3.8, 4) is 0 Å². The molecule has 0 bridgehead atoms. The summed E-state index contributed by atoms with van der Waals surface area (Å²) in [6.45, 7) is 4.10. The van der Waals surface area contributed by atoms with Gasteiger partial charge in [0.05, 0.1) is 0 Å². The third kappa shape index (κ3) is 6.55. The average molecular weight is 265 g/mol. The first kappa shape index (κ1) is 14.9. The summed E-state index contributed by atoms with van der Waals surface area (Å²) in [6.07, 6.45) is 2.38. The molecule has 0 aliphatic rings. The van der Waals surface area contributed by atoms with Gasteiger partial charge in [-0.3, -0.25) is 4.99 Å². The van der Waals surface area contributed by atoms with Crippen LogP contribution in [0.4, 0.5) is 0 Å². The summed E-state index contributed by atoms with van der Waals surface area (Å²) in [4.78, 5) is 5.50. The average Bonchev–Trinajstić information content (AvgIpc) is 2.43. The predicted octanol–water partition coefficient (Wildman–Crippen LogP) is 2.74. The zero-order valence-corrected chi connectivity index (χ0v) is 12.1. The minimum atomic E-state index is 0.900. The Labute approximate surface area is 114 Å². The molecule has 0 fully saturated rings. The lowest BCUT2D eigenvalue weighted by atomic mass is 10.3. The van der Waals surface area contributed by atoms with Gasteiger partial charge in [-0.2, -0.15) is 0 Å².